The van der Waals surface area contributed by atoms with Crippen LogP contribution in [-0.4, -0.2) is 29.1 Å². The van der Waals surface area contributed by atoms with Gasteiger partial charge in [-0.1, -0.05) is 30.3 Å². The van der Waals surface area contributed by atoms with E-state index in [4.69, 9.17) is 0 Å². The molecule has 0 bridgehead atoms. The molecule has 0 saturated heterocycles. The van der Waals surface area contributed by atoms with Gasteiger partial charge in [0.05, 0.1) is 22.6 Å². The van der Waals surface area contributed by atoms with Crippen LogP contribution in [0.15, 0.2) is 78.0 Å². The van der Waals surface area contributed by atoms with E-state index < -0.39 is 21.8 Å². The first-order valence-corrected chi connectivity index (χ1v) is 9.36. The lowest BCUT2D eigenvalue weighted by Gasteiger charge is -2.17. The quantitative estimate of drug-likeness (QED) is 0.665. The Bertz CT molecular complexity index is 1080. The van der Waals surface area contributed by atoms with E-state index in [1.807, 2.05) is 0 Å². The fraction of sp³-hybridized carbons (Fsp3) is 0.0526. The second-order valence-electron chi connectivity index (χ2n) is 5.87. The fourth-order valence-electron chi connectivity index (χ4n) is 3.03. The maximum Gasteiger partial charge on any atom is 0.267 e. The topological polar surface area (TPSA) is 76.5 Å². The highest BCUT2D eigenvalue weighted by atomic mass is 32.2. The number of imide groups is 1. The highest BCUT2D eigenvalue weighted by Crippen LogP contribution is 2.27. The summed E-state index contributed by atoms with van der Waals surface area (Å²) in [6, 6.07) is 16.2. The van der Waals surface area contributed by atoms with Gasteiger partial charge in [0.1, 0.15) is 0 Å². The second kappa shape index (κ2) is 5.96. The zero-order chi connectivity index (χ0) is 18.3. The van der Waals surface area contributed by atoms with Gasteiger partial charge in [0.2, 0.25) is 0 Å². The molecule has 3 aromatic rings. The Kier molecular flexibility index (Phi) is 3.73. The Hall–Kier alpha value is -3.19. The number of benzene rings is 2. The van der Waals surface area contributed by atoms with Crippen molar-refractivity contribution in [3.05, 3.63) is 89.7 Å². The number of hydrogen-bond acceptors (Lipinski definition) is 4. The Labute approximate surface area is 150 Å². The van der Waals surface area contributed by atoms with E-state index in [0.29, 0.717) is 16.7 Å². The SMILES string of the molecule is O=C1c2ccccc2C(=O)N1Cc1ccccc1S(=O)(=O)n1cccc1. The lowest BCUT2D eigenvalue weighted by atomic mass is 10.1. The third-order valence-corrected chi connectivity index (χ3v) is 6.06. The normalized spacial score (nSPS) is 13.9. The number of fused-ring (bicyclic) bond motifs is 1. The standard InChI is InChI=1S/C19H14N2O4S/c22-18-15-8-2-3-9-16(15)19(23)21(18)13-14-7-1-4-10-17(14)26(24,25)20-11-5-6-12-20/h1-12H,13H2. The molecule has 0 N–H and O–H groups in total. The van der Waals surface area contributed by atoms with Crippen molar-refractivity contribution in [2.45, 2.75) is 11.4 Å². The van der Waals surface area contributed by atoms with E-state index in [1.54, 1.807) is 54.6 Å². The van der Waals surface area contributed by atoms with E-state index in [-0.39, 0.29) is 11.4 Å². The molecule has 0 spiro atoms. The minimum atomic E-state index is -3.80. The summed E-state index contributed by atoms with van der Waals surface area (Å²) in [6.07, 6.45) is 2.88. The van der Waals surface area contributed by atoms with Crippen molar-refractivity contribution in [1.82, 2.24) is 8.87 Å². The number of nitrogens with zero attached hydrogens (tertiary/aromatic N) is 2. The van der Waals surface area contributed by atoms with E-state index in [1.165, 1.54) is 18.5 Å². The third kappa shape index (κ3) is 2.44. The first-order valence-electron chi connectivity index (χ1n) is 7.92. The number of amides is 2. The summed E-state index contributed by atoms with van der Waals surface area (Å²) < 4.78 is 26.8. The smallest absolute Gasteiger partial charge is 0.267 e. The van der Waals surface area contributed by atoms with Gasteiger partial charge in [-0.25, -0.2) is 12.4 Å². The summed E-state index contributed by atoms with van der Waals surface area (Å²) in [4.78, 5) is 26.2. The minimum absolute atomic E-state index is 0.0627. The molecule has 2 heterocycles. The second-order valence-corrected chi connectivity index (χ2v) is 7.68. The summed E-state index contributed by atoms with van der Waals surface area (Å²) in [5, 5.41) is 0. The summed E-state index contributed by atoms with van der Waals surface area (Å²) >= 11 is 0. The van der Waals surface area contributed by atoms with Gasteiger partial charge in [-0.3, -0.25) is 14.5 Å². The molecular formula is C19H14N2O4S. The predicted octanol–water partition coefficient (Wildman–Crippen LogP) is 2.52. The molecule has 2 aromatic carbocycles. The Morgan fingerprint density at radius 3 is 1.88 bits per heavy atom. The van der Waals surface area contributed by atoms with Crippen LogP contribution in [0.2, 0.25) is 0 Å². The minimum Gasteiger partial charge on any atom is -0.270 e. The molecule has 2 amide bonds. The molecule has 26 heavy (non-hydrogen) atoms. The van der Waals surface area contributed by atoms with Crippen LogP contribution in [-0.2, 0) is 16.6 Å². The van der Waals surface area contributed by atoms with Crippen LogP contribution in [0.5, 0.6) is 0 Å². The lowest BCUT2D eigenvalue weighted by molar-refractivity contribution is 0.0641. The molecule has 1 aliphatic heterocycles. The fourth-order valence-corrected chi connectivity index (χ4v) is 4.43. The van der Waals surface area contributed by atoms with Gasteiger partial charge in [0, 0.05) is 12.4 Å². The number of carbonyl (C=O) groups is 2. The van der Waals surface area contributed by atoms with Crippen LogP contribution >= 0.6 is 0 Å². The van der Waals surface area contributed by atoms with Crippen LogP contribution in [0.1, 0.15) is 26.3 Å². The average Bonchev–Trinajstić information content (AvgIpc) is 3.27. The number of aromatic nitrogens is 1. The van der Waals surface area contributed by atoms with Crippen LogP contribution in [0.25, 0.3) is 0 Å². The molecule has 0 saturated carbocycles. The lowest BCUT2D eigenvalue weighted by Crippen LogP contribution is -2.30. The molecule has 0 aliphatic carbocycles. The Balaban J connectivity index is 1.74. The van der Waals surface area contributed by atoms with Crippen molar-refractivity contribution in [1.29, 1.82) is 0 Å². The van der Waals surface area contributed by atoms with Gasteiger partial charge in [0.25, 0.3) is 21.8 Å². The molecule has 0 fully saturated rings. The van der Waals surface area contributed by atoms with Gasteiger partial charge in [-0.2, -0.15) is 0 Å². The highest BCUT2D eigenvalue weighted by molar-refractivity contribution is 7.90. The van der Waals surface area contributed by atoms with Crippen molar-refractivity contribution >= 4 is 21.8 Å². The maximum atomic E-state index is 12.8. The summed E-state index contributed by atoms with van der Waals surface area (Å²) in [5.41, 5.74) is 1.06. The first kappa shape index (κ1) is 16.3. The molecule has 0 radical (unpaired) electrons. The monoisotopic (exact) mass is 366 g/mol. The molecule has 7 heteroatoms. The summed E-state index contributed by atoms with van der Waals surface area (Å²) in [6.45, 7) is -0.108. The molecule has 1 aromatic heterocycles. The van der Waals surface area contributed by atoms with Crippen LogP contribution in [0, 0.1) is 0 Å². The number of carbonyl (C=O) groups excluding carboxylic acids is 2. The largest absolute Gasteiger partial charge is 0.270 e. The Morgan fingerprint density at radius 1 is 0.731 bits per heavy atom. The molecule has 0 atom stereocenters. The summed E-state index contributed by atoms with van der Waals surface area (Å²) in [7, 11) is -3.80. The van der Waals surface area contributed by atoms with Crippen molar-refractivity contribution in [2.24, 2.45) is 0 Å². The molecular weight excluding hydrogens is 352 g/mol. The van der Waals surface area contributed by atoms with E-state index in [9.17, 15) is 18.0 Å². The molecule has 6 nitrogen and oxygen atoms in total. The van der Waals surface area contributed by atoms with Gasteiger partial charge >= 0.3 is 0 Å². The Morgan fingerprint density at radius 2 is 1.27 bits per heavy atom. The first-order chi connectivity index (χ1) is 12.5. The van der Waals surface area contributed by atoms with Crippen molar-refractivity contribution < 1.29 is 18.0 Å². The van der Waals surface area contributed by atoms with Gasteiger partial charge in [-0.15, -0.1) is 0 Å². The average molecular weight is 366 g/mol. The van der Waals surface area contributed by atoms with Crippen LogP contribution in [0.4, 0.5) is 0 Å². The van der Waals surface area contributed by atoms with Gasteiger partial charge in [-0.05, 0) is 35.9 Å². The van der Waals surface area contributed by atoms with Gasteiger partial charge in [0.15, 0.2) is 0 Å². The van der Waals surface area contributed by atoms with E-state index >= 15 is 0 Å². The molecule has 0 unspecified atom stereocenters. The molecule has 130 valence electrons. The zero-order valence-electron chi connectivity index (χ0n) is 13.6. The molecule has 4 rings (SSSR count). The van der Waals surface area contributed by atoms with Gasteiger partial charge < -0.3 is 0 Å². The zero-order valence-corrected chi connectivity index (χ0v) is 14.4. The number of rotatable bonds is 4. The maximum absolute atomic E-state index is 12.8. The third-order valence-electron chi connectivity index (χ3n) is 4.31. The van der Waals surface area contributed by atoms with Crippen molar-refractivity contribution in [3.63, 3.8) is 0 Å². The summed E-state index contributed by atoms with van der Waals surface area (Å²) in [5.74, 6) is -0.836. The van der Waals surface area contributed by atoms with Crippen molar-refractivity contribution in [3.8, 4) is 0 Å². The van der Waals surface area contributed by atoms with Crippen LogP contribution < -0.4 is 0 Å². The van der Waals surface area contributed by atoms with E-state index in [0.717, 1.165) is 8.87 Å². The highest BCUT2D eigenvalue weighted by Gasteiger charge is 2.36. The van der Waals surface area contributed by atoms with E-state index in [2.05, 4.69) is 0 Å². The predicted molar refractivity (Wildman–Crippen MR) is 94.1 cm³/mol. The van der Waals surface area contributed by atoms with Crippen molar-refractivity contribution in [2.75, 3.05) is 0 Å². The van der Waals surface area contributed by atoms with Crippen LogP contribution in [0.3, 0.4) is 0 Å². The molecule has 1 aliphatic rings. The number of hydrogen-bond donors (Lipinski definition) is 0.